The number of nitrogens with one attached hydrogen (secondary N) is 1. The second kappa shape index (κ2) is 5.36. The number of nitrogens with zero attached hydrogens (tertiary/aromatic N) is 3. The summed E-state index contributed by atoms with van der Waals surface area (Å²) >= 11 is 0. The van der Waals surface area contributed by atoms with E-state index in [0.29, 0.717) is 37.4 Å². The number of likely N-dealkylation sites (tertiary alicyclic amines) is 1. The van der Waals surface area contributed by atoms with Gasteiger partial charge in [-0.3, -0.25) is 4.79 Å². The van der Waals surface area contributed by atoms with Gasteiger partial charge in [-0.1, -0.05) is 30.3 Å². The fourth-order valence-corrected chi connectivity index (χ4v) is 3.45. The number of aromatic nitrogens is 2. The Morgan fingerprint density at radius 2 is 2.08 bits per heavy atom. The fourth-order valence-electron chi connectivity index (χ4n) is 3.45. The molecule has 0 saturated carbocycles. The van der Waals surface area contributed by atoms with Crippen molar-refractivity contribution in [1.29, 1.82) is 0 Å². The molecule has 2 fully saturated rings. The van der Waals surface area contributed by atoms with Crippen molar-refractivity contribution in [2.75, 3.05) is 26.7 Å². The van der Waals surface area contributed by atoms with Gasteiger partial charge in [0, 0.05) is 25.6 Å². The van der Waals surface area contributed by atoms with Gasteiger partial charge < -0.3 is 19.5 Å². The van der Waals surface area contributed by atoms with E-state index in [1.54, 1.807) is 16.8 Å². The van der Waals surface area contributed by atoms with Crippen molar-refractivity contribution >= 4 is 12.0 Å². The highest BCUT2D eigenvalue weighted by Gasteiger charge is 2.49. The standard InChI is InChI=1S/C17H18N4O3/c1-20-9-17(24-16(20)23)7-8-21(10-17)15(22)14-13(18-11-19-14)12-5-3-2-4-6-12/h2-6,11H,7-10H2,1H3,(H,18,19)/t17-/m1/s1. The predicted molar refractivity (Wildman–Crippen MR) is 86.4 cm³/mol. The third-order valence-electron chi connectivity index (χ3n) is 4.64. The maximum atomic E-state index is 12.9. The van der Waals surface area contributed by atoms with E-state index in [1.807, 2.05) is 30.3 Å². The number of ether oxygens (including phenoxy) is 1. The molecule has 7 heteroatoms. The zero-order chi connectivity index (χ0) is 16.7. The van der Waals surface area contributed by atoms with Gasteiger partial charge in [-0.05, 0) is 0 Å². The third kappa shape index (κ3) is 2.33. The highest BCUT2D eigenvalue weighted by molar-refractivity contribution is 5.98. The Morgan fingerprint density at radius 1 is 1.29 bits per heavy atom. The zero-order valence-corrected chi connectivity index (χ0v) is 13.4. The summed E-state index contributed by atoms with van der Waals surface area (Å²) in [5, 5.41) is 0. The van der Waals surface area contributed by atoms with Crippen LogP contribution >= 0.6 is 0 Å². The van der Waals surface area contributed by atoms with Crippen LogP contribution in [-0.4, -0.2) is 64.1 Å². The average molecular weight is 326 g/mol. The third-order valence-corrected chi connectivity index (χ3v) is 4.64. The van der Waals surface area contributed by atoms with Gasteiger partial charge in [-0.25, -0.2) is 9.78 Å². The number of benzene rings is 1. The number of imidazole rings is 1. The predicted octanol–water partition coefficient (Wildman–Crippen LogP) is 1.74. The van der Waals surface area contributed by atoms with Gasteiger partial charge in [0.25, 0.3) is 5.91 Å². The van der Waals surface area contributed by atoms with Crippen LogP contribution in [0.25, 0.3) is 11.3 Å². The summed E-state index contributed by atoms with van der Waals surface area (Å²) in [6, 6.07) is 9.60. The highest BCUT2D eigenvalue weighted by Crippen LogP contribution is 2.33. The van der Waals surface area contributed by atoms with Crippen LogP contribution in [0, 0.1) is 0 Å². The molecule has 3 heterocycles. The Kier molecular flexibility index (Phi) is 3.30. The molecule has 0 bridgehead atoms. The lowest BCUT2D eigenvalue weighted by Gasteiger charge is -2.21. The number of carbonyl (C=O) groups is 2. The Hall–Kier alpha value is -2.83. The van der Waals surface area contributed by atoms with E-state index in [1.165, 1.54) is 6.33 Å². The SMILES string of the molecule is CN1C[C@@]2(CCN(C(=O)c3[nH]cnc3-c3ccccc3)C2)OC1=O. The van der Waals surface area contributed by atoms with Crippen LogP contribution in [0.3, 0.4) is 0 Å². The van der Waals surface area contributed by atoms with Crippen LogP contribution in [0.1, 0.15) is 16.9 Å². The smallest absolute Gasteiger partial charge is 0.410 e. The van der Waals surface area contributed by atoms with Gasteiger partial charge in [0.2, 0.25) is 0 Å². The quantitative estimate of drug-likeness (QED) is 0.912. The van der Waals surface area contributed by atoms with Crippen LogP contribution in [0.15, 0.2) is 36.7 Å². The first-order chi connectivity index (χ1) is 11.6. The van der Waals surface area contributed by atoms with E-state index in [2.05, 4.69) is 9.97 Å². The zero-order valence-electron chi connectivity index (χ0n) is 13.4. The molecule has 2 saturated heterocycles. The van der Waals surface area contributed by atoms with Crippen LogP contribution in [0.4, 0.5) is 4.79 Å². The van der Waals surface area contributed by atoms with Crippen molar-refractivity contribution in [2.24, 2.45) is 0 Å². The number of aromatic amines is 1. The first-order valence-electron chi connectivity index (χ1n) is 7.90. The van der Waals surface area contributed by atoms with Gasteiger partial charge in [0.05, 0.1) is 19.4 Å². The van der Waals surface area contributed by atoms with Crippen molar-refractivity contribution in [2.45, 2.75) is 12.0 Å². The highest BCUT2D eigenvalue weighted by atomic mass is 16.6. The lowest BCUT2D eigenvalue weighted by atomic mass is 10.0. The molecule has 124 valence electrons. The van der Waals surface area contributed by atoms with Crippen LogP contribution < -0.4 is 0 Å². The van der Waals surface area contributed by atoms with Crippen molar-refractivity contribution in [1.82, 2.24) is 19.8 Å². The van der Waals surface area contributed by atoms with Crippen molar-refractivity contribution in [3.8, 4) is 11.3 Å². The number of rotatable bonds is 2. The van der Waals surface area contributed by atoms with E-state index in [0.717, 1.165) is 5.56 Å². The molecule has 0 aliphatic carbocycles. The van der Waals surface area contributed by atoms with E-state index in [9.17, 15) is 9.59 Å². The normalized spacial score (nSPS) is 23.1. The van der Waals surface area contributed by atoms with E-state index in [-0.39, 0.29) is 12.0 Å². The first kappa shape index (κ1) is 14.7. The van der Waals surface area contributed by atoms with Gasteiger partial charge in [0.1, 0.15) is 11.4 Å². The molecule has 1 aromatic carbocycles. The summed E-state index contributed by atoms with van der Waals surface area (Å²) in [6.45, 7) is 1.49. The molecule has 0 unspecified atom stereocenters. The van der Waals surface area contributed by atoms with Crippen molar-refractivity contribution in [3.05, 3.63) is 42.4 Å². The summed E-state index contributed by atoms with van der Waals surface area (Å²) < 4.78 is 5.50. The van der Waals surface area contributed by atoms with Gasteiger partial charge in [-0.2, -0.15) is 0 Å². The van der Waals surface area contributed by atoms with Crippen molar-refractivity contribution in [3.63, 3.8) is 0 Å². The largest absolute Gasteiger partial charge is 0.439 e. The molecular weight excluding hydrogens is 308 g/mol. The van der Waals surface area contributed by atoms with Gasteiger partial charge in [-0.15, -0.1) is 0 Å². The molecule has 1 atom stereocenters. The molecule has 2 aliphatic heterocycles. The Labute approximate surface area is 139 Å². The molecule has 1 spiro atoms. The Morgan fingerprint density at radius 3 is 2.79 bits per heavy atom. The first-order valence-corrected chi connectivity index (χ1v) is 7.90. The van der Waals surface area contributed by atoms with E-state index in [4.69, 9.17) is 4.74 Å². The number of amides is 2. The summed E-state index contributed by atoms with van der Waals surface area (Å²) in [7, 11) is 1.71. The topological polar surface area (TPSA) is 78.5 Å². The number of H-pyrrole nitrogens is 1. The van der Waals surface area contributed by atoms with Crippen LogP contribution in [0.5, 0.6) is 0 Å². The summed E-state index contributed by atoms with van der Waals surface area (Å²) in [5.41, 5.74) is 1.43. The number of likely N-dealkylation sites (N-methyl/N-ethyl adjacent to an activating group) is 1. The Bertz CT molecular complexity index is 788. The molecule has 24 heavy (non-hydrogen) atoms. The lowest BCUT2D eigenvalue weighted by Crippen LogP contribution is -2.39. The number of hydrogen-bond donors (Lipinski definition) is 1. The minimum absolute atomic E-state index is 0.117. The number of hydrogen-bond acceptors (Lipinski definition) is 4. The average Bonchev–Trinajstić information content (AvgIpc) is 3.28. The van der Waals surface area contributed by atoms with Crippen LogP contribution in [-0.2, 0) is 4.74 Å². The summed E-state index contributed by atoms with van der Waals surface area (Å²) in [4.78, 5) is 35.1. The minimum Gasteiger partial charge on any atom is -0.439 e. The molecule has 1 aromatic heterocycles. The van der Waals surface area contributed by atoms with Gasteiger partial charge in [0.15, 0.2) is 5.60 Å². The molecular formula is C17H18N4O3. The molecule has 0 radical (unpaired) electrons. The van der Waals surface area contributed by atoms with E-state index >= 15 is 0 Å². The number of carbonyl (C=O) groups excluding carboxylic acids is 2. The molecule has 4 rings (SSSR count). The van der Waals surface area contributed by atoms with E-state index < -0.39 is 5.60 Å². The molecule has 2 aliphatic rings. The van der Waals surface area contributed by atoms with Crippen molar-refractivity contribution < 1.29 is 14.3 Å². The lowest BCUT2D eigenvalue weighted by molar-refractivity contribution is 0.0551. The molecule has 2 aromatic rings. The maximum Gasteiger partial charge on any atom is 0.410 e. The maximum absolute atomic E-state index is 12.9. The summed E-state index contributed by atoms with van der Waals surface area (Å²) in [6.07, 6.45) is 1.87. The van der Waals surface area contributed by atoms with Gasteiger partial charge >= 0.3 is 6.09 Å². The fraction of sp³-hybridized carbons (Fsp3) is 0.353. The second-order valence-electron chi connectivity index (χ2n) is 6.38. The second-order valence-corrected chi connectivity index (χ2v) is 6.38. The van der Waals surface area contributed by atoms with Crippen LogP contribution in [0.2, 0.25) is 0 Å². The monoisotopic (exact) mass is 326 g/mol. The summed E-state index contributed by atoms with van der Waals surface area (Å²) in [5.74, 6) is -0.117. The molecule has 2 amide bonds. The molecule has 7 nitrogen and oxygen atoms in total. The molecule has 1 N–H and O–H groups in total. The Balaban J connectivity index is 1.56. The minimum atomic E-state index is -0.575.